The zero-order valence-electron chi connectivity index (χ0n) is 14.0. The van der Waals surface area contributed by atoms with Crippen molar-refractivity contribution in [3.05, 3.63) is 33.8 Å². The molecule has 0 bridgehead atoms. The molecular weight excluding hydrogens is 369 g/mol. The lowest BCUT2D eigenvalue weighted by atomic mass is 9.93. The van der Waals surface area contributed by atoms with Crippen LogP contribution in [-0.2, 0) is 11.3 Å². The second kappa shape index (κ2) is 7.77. The summed E-state index contributed by atoms with van der Waals surface area (Å²) in [5.41, 5.74) is 1.09. The highest BCUT2D eigenvalue weighted by molar-refractivity contribution is 6.42. The molecule has 2 aliphatic heterocycles. The molecule has 1 amide bonds. The summed E-state index contributed by atoms with van der Waals surface area (Å²) in [6, 6.07) is 5.62. The minimum atomic E-state index is -2.61. The Balaban J connectivity index is 1.48. The number of piperidine rings is 2. The van der Waals surface area contributed by atoms with Crippen LogP contribution in [0.15, 0.2) is 18.2 Å². The molecule has 0 atom stereocenters. The van der Waals surface area contributed by atoms with Crippen molar-refractivity contribution < 1.29 is 13.6 Å². The molecule has 3 nitrogen and oxygen atoms in total. The SMILES string of the molecule is O=C(C1CCN(Cc2ccc(Cl)c(Cl)c2)CC1)N1CCC(F)(F)CC1. The monoisotopic (exact) mass is 390 g/mol. The molecule has 138 valence electrons. The summed E-state index contributed by atoms with van der Waals surface area (Å²) in [6.07, 6.45) is 1.11. The maximum atomic E-state index is 13.2. The summed E-state index contributed by atoms with van der Waals surface area (Å²) in [5.74, 6) is -2.61. The molecule has 1 aromatic carbocycles. The lowest BCUT2D eigenvalue weighted by Crippen LogP contribution is -2.47. The van der Waals surface area contributed by atoms with Gasteiger partial charge in [0.25, 0.3) is 5.92 Å². The van der Waals surface area contributed by atoms with Crippen molar-refractivity contribution in [1.82, 2.24) is 9.80 Å². The van der Waals surface area contributed by atoms with Gasteiger partial charge in [0.2, 0.25) is 5.91 Å². The van der Waals surface area contributed by atoms with Gasteiger partial charge in [0.05, 0.1) is 10.0 Å². The summed E-state index contributed by atoms with van der Waals surface area (Å²) in [6.45, 7) is 2.76. The van der Waals surface area contributed by atoms with Crippen molar-refractivity contribution in [3.63, 3.8) is 0 Å². The zero-order valence-corrected chi connectivity index (χ0v) is 15.5. The molecule has 0 aromatic heterocycles. The van der Waals surface area contributed by atoms with Crippen LogP contribution in [0.2, 0.25) is 10.0 Å². The molecule has 0 saturated carbocycles. The number of amides is 1. The highest BCUT2D eigenvalue weighted by Crippen LogP contribution is 2.30. The lowest BCUT2D eigenvalue weighted by molar-refractivity contribution is -0.143. The van der Waals surface area contributed by atoms with E-state index in [-0.39, 0.29) is 37.8 Å². The fourth-order valence-electron chi connectivity index (χ4n) is 3.55. The van der Waals surface area contributed by atoms with Crippen molar-refractivity contribution >= 4 is 29.1 Å². The fourth-order valence-corrected chi connectivity index (χ4v) is 3.87. The second-order valence-corrected chi connectivity index (χ2v) is 7.79. The van der Waals surface area contributed by atoms with Crippen LogP contribution in [0.3, 0.4) is 0 Å². The molecular formula is C18H22Cl2F2N2O. The first-order chi connectivity index (χ1) is 11.8. The first kappa shape index (κ1) is 18.9. The Morgan fingerprint density at radius 2 is 1.72 bits per heavy atom. The van der Waals surface area contributed by atoms with Gasteiger partial charge in [-0.05, 0) is 43.6 Å². The number of benzene rings is 1. The van der Waals surface area contributed by atoms with Crippen molar-refractivity contribution in [2.24, 2.45) is 5.92 Å². The van der Waals surface area contributed by atoms with E-state index in [4.69, 9.17) is 23.2 Å². The van der Waals surface area contributed by atoms with Gasteiger partial charge in [0.15, 0.2) is 0 Å². The van der Waals surface area contributed by atoms with E-state index in [0.29, 0.717) is 10.0 Å². The highest BCUT2D eigenvalue weighted by atomic mass is 35.5. The van der Waals surface area contributed by atoms with Crippen molar-refractivity contribution in [2.45, 2.75) is 38.2 Å². The number of carbonyl (C=O) groups is 1. The summed E-state index contributed by atoms with van der Waals surface area (Å²) in [7, 11) is 0. The van der Waals surface area contributed by atoms with Gasteiger partial charge in [0.1, 0.15) is 0 Å². The van der Waals surface area contributed by atoms with Crippen LogP contribution < -0.4 is 0 Å². The summed E-state index contributed by atoms with van der Waals surface area (Å²) < 4.78 is 26.5. The van der Waals surface area contributed by atoms with Crippen LogP contribution in [-0.4, -0.2) is 47.8 Å². The number of carbonyl (C=O) groups excluding carboxylic acids is 1. The molecule has 3 rings (SSSR count). The second-order valence-electron chi connectivity index (χ2n) is 6.98. The maximum absolute atomic E-state index is 13.2. The number of likely N-dealkylation sites (tertiary alicyclic amines) is 2. The molecule has 2 heterocycles. The quantitative estimate of drug-likeness (QED) is 0.760. The van der Waals surface area contributed by atoms with E-state index in [1.165, 1.54) is 0 Å². The molecule has 0 spiro atoms. The third-order valence-electron chi connectivity index (χ3n) is 5.13. The predicted molar refractivity (Wildman–Crippen MR) is 95.2 cm³/mol. The number of alkyl halides is 2. The van der Waals surface area contributed by atoms with Gasteiger partial charge in [-0.2, -0.15) is 0 Å². The molecule has 25 heavy (non-hydrogen) atoms. The summed E-state index contributed by atoms with van der Waals surface area (Å²) in [4.78, 5) is 16.4. The van der Waals surface area contributed by atoms with Crippen molar-refractivity contribution in [3.8, 4) is 0 Å². The zero-order chi connectivity index (χ0) is 18.0. The third kappa shape index (κ3) is 4.83. The molecule has 2 aliphatic rings. The van der Waals surface area contributed by atoms with E-state index >= 15 is 0 Å². The lowest BCUT2D eigenvalue weighted by Gasteiger charge is -2.37. The Bertz CT molecular complexity index is 624. The minimum Gasteiger partial charge on any atom is -0.342 e. The number of hydrogen-bond acceptors (Lipinski definition) is 2. The Morgan fingerprint density at radius 1 is 1.08 bits per heavy atom. The Kier molecular flexibility index (Phi) is 5.86. The van der Waals surface area contributed by atoms with E-state index in [0.717, 1.165) is 38.0 Å². The van der Waals surface area contributed by atoms with Crippen LogP contribution in [0.4, 0.5) is 8.78 Å². The Labute approximate surface area is 156 Å². The molecule has 1 aromatic rings. The molecule has 2 saturated heterocycles. The van der Waals surface area contributed by atoms with Gasteiger partial charge in [-0.3, -0.25) is 9.69 Å². The van der Waals surface area contributed by atoms with E-state index in [1.54, 1.807) is 11.0 Å². The van der Waals surface area contributed by atoms with Crippen LogP contribution in [0.1, 0.15) is 31.2 Å². The Hall–Kier alpha value is -0.910. The van der Waals surface area contributed by atoms with Crippen LogP contribution in [0.5, 0.6) is 0 Å². The van der Waals surface area contributed by atoms with Gasteiger partial charge in [-0.15, -0.1) is 0 Å². The summed E-state index contributed by atoms with van der Waals surface area (Å²) >= 11 is 12.0. The largest absolute Gasteiger partial charge is 0.342 e. The minimum absolute atomic E-state index is 0.0446. The first-order valence-electron chi connectivity index (χ1n) is 8.67. The summed E-state index contributed by atoms with van der Waals surface area (Å²) in [5, 5.41) is 1.09. The van der Waals surface area contributed by atoms with Gasteiger partial charge >= 0.3 is 0 Å². The average Bonchev–Trinajstić information content (AvgIpc) is 2.58. The van der Waals surface area contributed by atoms with Crippen molar-refractivity contribution in [1.29, 1.82) is 0 Å². The van der Waals surface area contributed by atoms with Gasteiger partial charge in [0, 0.05) is 38.4 Å². The number of hydrogen-bond donors (Lipinski definition) is 0. The number of halogens is 4. The topological polar surface area (TPSA) is 23.6 Å². The van der Waals surface area contributed by atoms with E-state index in [2.05, 4.69) is 4.90 Å². The number of rotatable bonds is 3. The van der Waals surface area contributed by atoms with Gasteiger partial charge in [-0.1, -0.05) is 29.3 Å². The molecule has 0 radical (unpaired) electrons. The Morgan fingerprint density at radius 3 is 2.32 bits per heavy atom. The molecule has 0 aliphatic carbocycles. The smallest absolute Gasteiger partial charge is 0.251 e. The number of nitrogens with zero attached hydrogens (tertiary/aromatic N) is 2. The molecule has 0 unspecified atom stereocenters. The van der Waals surface area contributed by atoms with Crippen LogP contribution in [0.25, 0.3) is 0 Å². The highest BCUT2D eigenvalue weighted by Gasteiger charge is 2.37. The third-order valence-corrected chi connectivity index (χ3v) is 5.87. The fraction of sp³-hybridized carbons (Fsp3) is 0.611. The molecule has 7 heteroatoms. The molecule has 0 N–H and O–H groups in total. The normalized spacial score (nSPS) is 22.2. The van der Waals surface area contributed by atoms with Crippen LogP contribution >= 0.6 is 23.2 Å². The van der Waals surface area contributed by atoms with Gasteiger partial charge in [-0.25, -0.2) is 8.78 Å². The van der Waals surface area contributed by atoms with Crippen molar-refractivity contribution in [2.75, 3.05) is 26.2 Å². The van der Waals surface area contributed by atoms with E-state index in [1.807, 2.05) is 12.1 Å². The first-order valence-corrected chi connectivity index (χ1v) is 9.42. The molecule has 2 fully saturated rings. The van der Waals surface area contributed by atoms with E-state index in [9.17, 15) is 13.6 Å². The van der Waals surface area contributed by atoms with Gasteiger partial charge < -0.3 is 4.90 Å². The van der Waals surface area contributed by atoms with Crippen LogP contribution in [0, 0.1) is 5.92 Å². The van der Waals surface area contributed by atoms with E-state index < -0.39 is 5.92 Å². The standard InChI is InChI=1S/C18H22Cl2F2N2O/c19-15-2-1-13(11-16(15)20)12-23-7-3-14(4-8-23)17(25)24-9-5-18(21,22)6-10-24/h1-2,11,14H,3-10,12H2. The maximum Gasteiger partial charge on any atom is 0.251 e. The predicted octanol–water partition coefficient (Wildman–Crippen LogP) is 4.46. The average molecular weight is 391 g/mol.